The van der Waals surface area contributed by atoms with Crippen LogP contribution in [0.1, 0.15) is 39.7 Å². The minimum Gasteiger partial charge on any atom is -0.461 e. The van der Waals surface area contributed by atoms with Gasteiger partial charge in [0.05, 0.1) is 12.3 Å². The normalized spacial score (nSPS) is 10.7. The minimum absolute atomic E-state index is 0.219. The van der Waals surface area contributed by atoms with Crippen LogP contribution in [0.25, 0.3) is 0 Å². The molecule has 0 aliphatic rings. The predicted octanol–water partition coefficient (Wildman–Crippen LogP) is 2.37. The van der Waals surface area contributed by atoms with Crippen molar-refractivity contribution >= 4 is 39.9 Å². The monoisotopic (exact) mass is 326 g/mol. The van der Waals surface area contributed by atoms with Crippen molar-refractivity contribution in [2.75, 3.05) is 11.9 Å². The zero-order valence-electron chi connectivity index (χ0n) is 11.7. The van der Waals surface area contributed by atoms with Crippen molar-refractivity contribution in [3.8, 4) is 0 Å². The number of amides is 1. The molecule has 1 N–H and O–H groups in total. The van der Waals surface area contributed by atoms with E-state index in [0.717, 1.165) is 22.9 Å². The largest absolute Gasteiger partial charge is 0.461 e. The first kappa shape index (κ1) is 15.5. The minimum atomic E-state index is -0.422. The fourth-order valence-corrected chi connectivity index (χ4v) is 2.66. The Balaban J connectivity index is 2.05. The van der Waals surface area contributed by atoms with E-state index in [0.29, 0.717) is 22.3 Å². The average molecular weight is 326 g/mol. The molecule has 2 aromatic heterocycles. The van der Waals surface area contributed by atoms with Gasteiger partial charge in [0.15, 0.2) is 10.8 Å². The summed E-state index contributed by atoms with van der Waals surface area (Å²) in [7, 11) is 0. The first-order chi connectivity index (χ1) is 9.97. The molecule has 0 spiro atoms. The van der Waals surface area contributed by atoms with Crippen LogP contribution in [0.15, 0.2) is 5.38 Å². The fourth-order valence-electron chi connectivity index (χ4n) is 1.37. The lowest BCUT2D eigenvalue weighted by Crippen LogP contribution is -2.12. The van der Waals surface area contributed by atoms with Crippen molar-refractivity contribution in [3.05, 3.63) is 21.6 Å². The van der Waals surface area contributed by atoms with Gasteiger partial charge >= 0.3 is 5.97 Å². The molecule has 2 heterocycles. The number of aryl methyl sites for hydroxylation is 1. The molecule has 112 valence electrons. The molecule has 0 radical (unpaired) electrons. The van der Waals surface area contributed by atoms with E-state index in [1.807, 2.05) is 13.8 Å². The Morgan fingerprint density at radius 3 is 2.81 bits per heavy atom. The summed E-state index contributed by atoms with van der Waals surface area (Å²) in [6.07, 6.45) is 0. The molecule has 0 aliphatic heterocycles. The van der Waals surface area contributed by atoms with Crippen molar-refractivity contribution < 1.29 is 14.3 Å². The van der Waals surface area contributed by atoms with Crippen LogP contribution in [0.4, 0.5) is 5.13 Å². The number of nitrogens with zero attached hydrogens (tertiary/aromatic N) is 3. The van der Waals surface area contributed by atoms with Gasteiger partial charge in [0, 0.05) is 5.38 Å². The van der Waals surface area contributed by atoms with E-state index >= 15 is 0 Å². The number of hydrogen-bond donors (Lipinski definition) is 1. The summed E-state index contributed by atoms with van der Waals surface area (Å²) in [6, 6.07) is 0. The van der Waals surface area contributed by atoms with Gasteiger partial charge in [-0.2, -0.15) is 0 Å². The molecule has 0 aliphatic carbocycles. The number of carbonyl (C=O) groups excluding carboxylic acids is 2. The zero-order valence-corrected chi connectivity index (χ0v) is 13.4. The maximum atomic E-state index is 11.9. The summed E-state index contributed by atoms with van der Waals surface area (Å²) in [6.45, 7) is 5.96. The summed E-state index contributed by atoms with van der Waals surface area (Å²) < 4.78 is 8.78. The third-order valence-electron chi connectivity index (χ3n) is 2.34. The highest BCUT2D eigenvalue weighted by atomic mass is 32.1. The first-order valence-electron chi connectivity index (χ1n) is 6.20. The Morgan fingerprint density at radius 2 is 2.19 bits per heavy atom. The number of nitrogens with one attached hydrogen (secondary N) is 1. The average Bonchev–Trinajstić information content (AvgIpc) is 3.05. The van der Waals surface area contributed by atoms with E-state index in [9.17, 15) is 9.59 Å². The van der Waals surface area contributed by atoms with Gasteiger partial charge in [0.25, 0.3) is 5.91 Å². The maximum absolute atomic E-state index is 11.9. The topological polar surface area (TPSA) is 94.1 Å². The van der Waals surface area contributed by atoms with E-state index in [-0.39, 0.29) is 11.6 Å². The van der Waals surface area contributed by atoms with Crippen LogP contribution in [0.5, 0.6) is 0 Å². The molecule has 0 saturated carbocycles. The van der Waals surface area contributed by atoms with Crippen molar-refractivity contribution in [2.24, 2.45) is 5.92 Å². The number of carbonyl (C=O) groups is 2. The number of rotatable bonds is 5. The quantitative estimate of drug-likeness (QED) is 0.848. The smallest absolute Gasteiger partial charge is 0.350 e. The molecule has 21 heavy (non-hydrogen) atoms. The Hall–Kier alpha value is -1.87. The second kappa shape index (κ2) is 6.72. The van der Waals surface area contributed by atoms with Gasteiger partial charge < -0.3 is 4.74 Å². The van der Waals surface area contributed by atoms with Crippen molar-refractivity contribution in [1.29, 1.82) is 0 Å². The third-order valence-corrected chi connectivity index (χ3v) is 3.90. The second-order valence-corrected chi connectivity index (χ2v) is 6.28. The van der Waals surface area contributed by atoms with E-state index < -0.39 is 11.9 Å². The highest BCUT2D eigenvalue weighted by Gasteiger charge is 2.19. The molecule has 0 atom stereocenters. The molecule has 7 nitrogen and oxygen atoms in total. The molecular weight excluding hydrogens is 312 g/mol. The number of esters is 1. The van der Waals surface area contributed by atoms with Gasteiger partial charge in [0.1, 0.15) is 4.88 Å². The number of anilines is 1. The molecule has 2 aromatic rings. The molecule has 0 bridgehead atoms. The third kappa shape index (κ3) is 4.05. The van der Waals surface area contributed by atoms with Crippen LogP contribution in [0.3, 0.4) is 0 Å². The Labute approximate surface area is 129 Å². The number of thiazole rings is 1. The van der Waals surface area contributed by atoms with Crippen molar-refractivity contribution in [2.45, 2.75) is 20.8 Å². The highest BCUT2D eigenvalue weighted by Crippen LogP contribution is 2.24. The van der Waals surface area contributed by atoms with Gasteiger partial charge in [-0.3, -0.25) is 10.1 Å². The first-order valence-corrected chi connectivity index (χ1v) is 7.85. The number of ether oxygens (including phenoxy) is 1. The van der Waals surface area contributed by atoms with Gasteiger partial charge in [-0.25, -0.2) is 9.78 Å². The van der Waals surface area contributed by atoms with Crippen LogP contribution in [-0.4, -0.2) is 33.1 Å². The van der Waals surface area contributed by atoms with Crippen LogP contribution < -0.4 is 5.32 Å². The van der Waals surface area contributed by atoms with Gasteiger partial charge in [-0.05, 0) is 24.4 Å². The molecule has 0 unspecified atom stereocenters. The summed E-state index contributed by atoms with van der Waals surface area (Å²) in [5.74, 6) is -0.562. The maximum Gasteiger partial charge on any atom is 0.350 e. The molecular formula is C12H14N4O3S2. The number of aromatic nitrogens is 3. The molecule has 0 fully saturated rings. The lowest BCUT2D eigenvalue weighted by Gasteiger charge is -2.05. The summed E-state index contributed by atoms with van der Waals surface area (Å²) in [5.41, 5.74) is 0.747. The van der Waals surface area contributed by atoms with E-state index in [2.05, 4.69) is 19.9 Å². The van der Waals surface area contributed by atoms with Crippen molar-refractivity contribution in [1.82, 2.24) is 14.6 Å². The fraction of sp³-hybridized carbons (Fsp3) is 0.417. The second-order valence-electron chi connectivity index (χ2n) is 4.67. The lowest BCUT2D eigenvalue weighted by atomic mass is 10.2. The Bertz CT molecular complexity index is 637. The molecule has 0 aromatic carbocycles. The molecule has 1 amide bonds. The molecule has 2 rings (SSSR count). The standard InChI is InChI=1S/C12H14N4O3S2/c1-6(2)4-19-11(18)9-7(3)13-12(21-9)14-10(17)8-5-20-16-15-8/h5-6H,4H2,1-3H3,(H,13,14,17). The lowest BCUT2D eigenvalue weighted by molar-refractivity contribution is 0.0463. The Kier molecular flexibility index (Phi) is 4.97. The highest BCUT2D eigenvalue weighted by molar-refractivity contribution is 7.17. The van der Waals surface area contributed by atoms with E-state index in [1.54, 1.807) is 6.92 Å². The zero-order chi connectivity index (χ0) is 15.4. The van der Waals surface area contributed by atoms with Gasteiger partial charge in [0.2, 0.25) is 0 Å². The van der Waals surface area contributed by atoms with Crippen molar-refractivity contribution in [3.63, 3.8) is 0 Å². The number of hydrogen-bond acceptors (Lipinski definition) is 8. The van der Waals surface area contributed by atoms with Crippen LogP contribution in [0.2, 0.25) is 0 Å². The predicted molar refractivity (Wildman–Crippen MR) is 79.8 cm³/mol. The summed E-state index contributed by atoms with van der Waals surface area (Å²) in [4.78, 5) is 28.3. The summed E-state index contributed by atoms with van der Waals surface area (Å²) in [5, 5.41) is 8.13. The molecule has 0 saturated heterocycles. The van der Waals surface area contributed by atoms with E-state index in [4.69, 9.17) is 4.74 Å². The van der Waals surface area contributed by atoms with Gasteiger partial charge in [-0.1, -0.05) is 29.7 Å². The van der Waals surface area contributed by atoms with E-state index in [1.165, 1.54) is 5.38 Å². The van der Waals surface area contributed by atoms with Crippen LogP contribution in [0, 0.1) is 12.8 Å². The molecule has 9 heteroatoms. The van der Waals surface area contributed by atoms with Gasteiger partial charge in [-0.15, -0.1) is 5.10 Å². The SMILES string of the molecule is Cc1nc(NC(=O)c2csnn2)sc1C(=O)OCC(C)C. The Morgan fingerprint density at radius 1 is 1.43 bits per heavy atom. The van der Waals surface area contributed by atoms with Crippen LogP contribution in [-0.2, 0) is 4.74 Å². The van der Waals surface area contributed by atoms with Crippen LogP contribution >= 0.6 is 22.9 Å². The summed E-state index contributed by atoms with van der Waals surface area (Å²) >= 11 is 2.17.